The van der Waals surface area contributed by atoms with Gasteiger partial charge in [0.2, 0.25) is 11.8 Å². The van der Waals surface area contributed by atoms with Crippen molar-refractivity contribution in [2.45, 2.75) is 26.7 Å². The van der Waals surface area contributed by atoms with E-state index in [1.807, 2.05) is 11.8 Å². The van der Waals surface area contributed by atoms with Gasteiger partial charge in [-0.1, -0.05) is 26.0 Å². The van der Waals surface area contributed by atoms with E-state index in [0.29, 0.717) is 19.4 Å². The molecule has 1 aliphatic heterocycles. The zero-order chi connectivity index (χ0) is 18.2. The third kappa shape index (κ3) is 6.12. The summed E-state index contributed by atoms with van der Waals surface area (Å²) in [5.41, 5.74) is 0.925. The van der Waals surface area contributed by atoms with E-state index in [4.69, 9.17) is 0 Å². The summed E-state index contributed by atoms with van der Waals surface area (Å²) >= 11 is 0. The van der Waals surface area contributed by atoms with Crippen LogP contribution in [0.15, 0.2) is 24.3 Å². The maximum atomic E-state index is 12.9. The molecule has 2 amide bonds. The van der Waals surface area contributed by atoms with Crippen LogP contribution < -0.4 is 5.32 Å². The number of hydrogen-bond donors (Lipinski definition) is 1. The van der Waals surface area contributed by atoms with Crippen LogP contribution in [0.25, 0.3) is 0 Å². The predicted molar refractivity (Wildman–Crippen MR) is 95.6 cm³/mol. The molecular formula is C19H28FN3O2. The largest absolute Gasteiger partial charge is 0.355 e. The van der Waals surface area contributed by atoms with Crippen LogP contribution in [0.2, 0.25) is 0 Å². The smallest absolute Gasteiger partial charge is 0.224 e. The standard InChI is InChI=1S/C19H28FN3O2/c1-3-22-10-12-23(13-11-22)18(24)8-9-21-19(25)15(2)14-16-4-6-17(20)7-5-16/h4-7,15H,3,8-14H2,1-2H3,(H,21,25). The van der Waals surface area contributed by atoms with Gasteiger partial charge in [0.15, 0.2) is 0 Å². The van der Waals surface area contributed by atoms with E-state index < -0.39 is 0 Å². The lowest BCUT2D eigenvalue weighted by atomic mass is 10.0. The Bertz CT molecular complexity index is 569. The normalized spacial score (nSPS) is 16.5. The van der Waals surface area contributed by atoms with Crippen molar-refractivity contribution >= 4 is 11.8 Å². The number of carbonyl (C=O) groups is 2. The van der Waals surface area contributed by atoms with E-state index in [2.05, 4.69) is 17.1 Å². The highest BCUT2D eigenvalue weighted by molar-refractivity contribution is 5.80. The van der Waals surface area contributed by atoms with Gasteiger partial charge in [0, 0.05) is 45.1 Å². The molecule has 1 aromatic carbocycles. The van der Waals surface area contributed by atoms with Crippen LogP contribution >= 0.6 is 0 Å². The van der Waals surface area contributed by atoms with Crippen molar-refractivity contribution in [3.05, 3.63) is 35.6 Å². The fourth-order valence-electron chi connectivity index (χ4n) is 3.01. The highest BCUT2D eigenvalue weighted by Crippen LogP contribution is 2.10. The van der Waals surface area contributed by atoms with E-state index >= 15 is 0 Å². The fourth-order valence-corrected chi connectivity index (χ4v) is 3.01. The minimum absolute atomic E-state index is 0.0760. The first kappa shape index (κ1) is 19.4. The second-order valence-corrected chi connectivity index (χ2v) is 6.59. The highest BCUT2D eigenvalue weighted by Gasteiger charge is 2.20. The van der Waals surface area contributed by atoms with Crippen molar-refractivity contribution < 1.29 is 14.0 Å². The average Bonchev–Trinajstić information content (AvgIpc) is 2.63. The lowest BCUT2D eigenvalue weighted by Crippen LogP contribution is -2.49. The molecule has 1 saturated heterocycles. The topological polar surface area (TPSA) is 52.6 Å². The van der Waals surface area contributed by atoms with Gasteiger partial charge in [-0.2, -0.15) is 0 Å². The zero-order valence-electron chi connectivity index (χ0n) is 15.1. The van der Waals surface area contributed by atoms with Crippen LogP contribution in [0.3, 0.4) is 0 Å². The molecule has 0 aliphatic carbocycles. The minimum Gasteiger partial charge on any atom is -0.355 e. The Morgan fingerprint density at radius 2 is 1.80 bits per heavy atom. The second kappa shape index (κ2) is 9.51. The summed E-state index contributed by atoms with van der Waals surface area (Å²) in [5, 5.41) is 2.83. The first-order chi connectivity index (χ1) is 12.0. The van der Waals surface area contributed by atoms with E-state index in [1.165, 1.54) is 12.1 Å². The fraction of sp³-hybridized carbons (Fsp3) is 0.579. The molecule has 25 heavy (non-hydrogen) atoms. The summed E-state index contributed by atoms with van der Waals surface area (Å²) in [6, 6.07) is 6.19. The van der Waals surface area contributed by atoms with Gasteiger partial charge >= 0.3 is 0 Å². The Labute approximate surface area is 149 Å². The van der Waals surface area contributed by atoms with Crippen LogP contribution in [-0.4, -0.2) is 60.9 Å². The van der Waals surface area contributed by atoms with Gasteiger partial charge in [-0.15, -0.1) is 0 Å². The van der Waals surface area contributed by atoms with E-state index in [0.717, 1.165) is 38.3 Å². The van der Waals surface area contributed by atoms with E-state index in [-0.39, 0.29) is 23.5 Å². The summed E-state index contributed by atoms with van der Waals surface area (Å²) in [5.74, 6) is -0.469. The number of nitrogens with zero attached hydrogens (tertiary/aromatic N) is 2. The van der Waals surface area contributed by atoms with Gasteiger partial charge in [-0.05, 0) is 30.7 Å². The molecule has 5 nitrogen and oxygen atoms in total. The molecule has 0 bridgehead atoms. The summed E-state index contributed by atoms with van der Waals surface area (Å²) in [4.78, 5) is 28.5. The third-order valence-corrected chi connectivity index (χ3v) is 4.71. The Morgan fingerprint density at radius 1 is 1.16 bits per heavy atom. The number of piperazine rings is 1. The Hall–Kier alpha value is -1.95. The number of carbonyl (C=O) groups excluding carboxylic acids is 2. The number of benzene rings is 1. The molecule has 138 valence electrons. The first-order valence-corrected chi connectivity index (χ1v) is 9.02. The molecule has 1 aromatic rings. The van der Waals surface area contributed by atoms with E-state index in [9.17, 15) is 14.0 Å². The molecule has 1 atom stereocenters. The quantitative estimate of drug-likeness (QED) is 0.815. The Kier molecular flexibility index (Phi) is 7.37. The third-order valence-electron chi connectivity index (χ3n) is 4.71. The van der Waals surface area contributed by atoms with Crippen molar-refractivity contribution in [1.82, 2.24) is 15.1 Å². The van der Waals surface area contributed by atoms with Crippen molar-refractivity contribution in [2.75, 3.05) is 39.3 Å². The van der Waals surface area contributed by atoms with E-state index in [1.54, 1.807) is 12.1 Å². The monoisotopic (exact) mass is 349 g/mol. The van der Waals surface area contributed by atoms with Crippen LogP contribution in [0.5, 0.6) is 0 Å². The molecule has 2 rings (SSSR count). The minimum atomic E-state index is -0.279. The number of halogens is 1. The van der Waals surface area contributed by atoms with Gasteiger partial charge in [0.25, 0.3) is 0 Å². The summed E-state index contributed by atoms with van der Waals surface area (Å²) in [6.07, 6.45) is 0.889. The number of nitrogens with one attached hydrogen (secondary N) is 1. The predicted octanol–water partition coefficient (Wildman–Crippen LogP) is 1.67. The molecular weight excluding hydrogens is 321 g/mol. The second-order valence-electron chi connectivity index (χ2n) is 6.59. The molecule has 1 N–H and O–H groups in total. The molecule has 0 saturated carbocycles. The molecule has 1 heterocycles. The summed E-state index contributed by atoms with van der Waals surface area (Å²) < 4.78 is 12.9. The number of amides is 2. The first-order valence-electron chi connectivity index (χ1n) is 9.02. The lowest BCUT2D eigenvalue weighted by Gasteiger charge is -2.34. The molecule has 1 aliphatic rings. The molecule has 6 heteroatoms. The Balaban J connectivity index is 1.67. The molecule has 1 fully saturated rings. The van der Waals surface area contributed by atoms with Gasteiger partial charge in [-0.25, -0.2) is 4.39 Å². The van der Waals surface area contributed by atoms with Crippen LogP contribution in [0.4, 0.5) is 4.39 Å². The summed E-state index contributed by atoms with van der Waals surface area (Å²) in [7, 11) is 0. The van der Waals surface area contributed by atoms with Gasteiger partial charge in [0.1, 0.15) is 5.82 Å². The van der Waals surface area contributed by atoms with Crippen molar-refractivity contribution in [2.24, 2.45) is 5.92 Å². The van der Waals surface area contributed by atoms with Gasteiger partial charge < -0.3 is 15.1 Å². The SMILES string of the molecule is CCN1CCN(C(=O)CCNC(=O)C(C)Cc2ccc(F)cc2)CC1. The van der Waals surface area contributed by atoms with Crippen molar-refractivity contribution in [1.29, 1.82) is 0 Å². The van der Waals surface area contributed by atoms with Gasteiger partial charge in [-0.3, -0.25) is 9.59 Å². The number of rotatable bonds is 7. The maximum absolute atomic E-state index is 12.9. The van der Waals surface area contributed by atoms with Crippen LogP contribution in [-0.2, 0) is 16.0 Å². The highest BCUT2D eigenvalue weighted by atomic mass is 19.1. The summed E-state index contributed by atoms with van der Waals surface area (Å²) in [6.45, 7) is 8.71. The zero-order valence-corrected chi connectivity index (χ0v) is 15.1. The lowest BCUT2D eigenvalue weighted by molar-refractivity contribution is -0.133. The number of hydrogen-bond acceptors (Lipinski definition) is 3. The van der Waals surface area contributed by atoms with Gasteiger partial charge in [0.05, 0.1) is 0 Å². The number of likely N-dealkylation sites (N-methyl/N-ethyl adjacent to an activating group) is 1. The maximum Gasteiger partial charge on any atom is 0.224 e. The molecule has 1 unspecified atom stereocenters. The average molecular weight is 349 g/mol. The molecule has 0 radical (unpaired) electrons. The van der Waals surface area contributed by atoms with Crippen LogP contribution in [0, 0.1) is 11.7 Å². The Morgan fingerprint density at radius 3 is 2.40 bits per heavy atom. The molecule has 0 aromatic heterocycles. The van der Waals surface area contributed by atoms with Crippen molar-refractivity contribution in [3.8, 4) is 0 Å². The van der Waals surface area contributed by atoms with Crippen molar-refractivity contribution in [3.63, 3.8) is 0 Å². The molecule has 0 spiro atoms. The van der Waals surface area contributed by atoms with Crippen LogP contribution in [0.1, 0.15) is 25.8 Å².